The van der Waals surface area contributed by atoms with Crippen LogP contribution in [0.2, 0.25) is 0 Å². The van der Waals surface area contributed by atoms with Gasteiger partial charge in [-0.05, 0) is 41.7 Å². The number of nitrogens with one attached hydrogen (secondary N) is 1. The smallest absolute Gasteiger partial charge is 0.248 e. The van der Waals surface area contributed by atoms with Gasteiger partial charge in [-0.1, -0.05) is 51.1 Å². The van der Waals surface area contributed by atoms with E-state index in [1.807, 2.05) is 55.7 Å². The molecule has 3 atom stereocenters. The molecule has 3 aromatic rings. The predicted octanol–water partition coefficient (Wildman–Crippen LogP) is 3.56. The summed E-state index contributed by atoms with van der Waals surface area (Å²) >= 11 is 0. The largest absolute Gasteiger partial charge is 0.387 e. The molecule has 1 saturated carbocycles. The molecule has 0 radical (unpaired) electrons. The number of carbonyl (C=O) groups is 3. The molecule has 0 bridgehead atoms. The maximum Gasteiger partial charge on any atom is 0.248 e. The molecular weight excluding hydrogens is 530 g/mol. The number of nitrogens with zero attached hydrogens (tertiary/aromatic N) is 2. The Balaban J connectivity index is 1.74. The van der Waals surface area contributed by atoms with Crippen molar-refractivity contribution in [2.24, 2.45) is 11.1 Å². The van der Waals surface area contributed by atoms with E-state index in [0.717, 1.165) is 23.8 Å². The molecule has 1 aliphatic carbocycles. The van der Waals surface area contributed by atoms with Gasteiger partial charge in [-0.2, -0.15) is 0 Å². The van der Waals surface area contributed by atoms with Gasteiger partial charge in [0, 0.05) is 42.5 Å². The second-order valence-corrected chi connectivity index (χ2v) is 11.5. The topological polar surface area (TPSA) is 118 Å². The van der Waals surface area contributed by atoms with E-state index >= 15 is 0 Å². The van der Waals surface area contributed by atoms with Crippen LogP contribution in [0.3, 0.4) is 0 Å². The minimum absolute atomic E-state index is 0.0364. The lowest BCUT2D eigenvalue weighted by atomic mass is 9.82. The van der Waals surface area contributed by atoms with E-state index in [4.69, 9.17) is 5.73 Å². The number of aliphatic hydroxyl groups excluding tert-OH is 1. The van der Waals surface area contributed by atoms with Crippen molar-refractivity contribution in [3.63, 3.8) is 0 Å². The van der Waals surface area contributed by atoms with Crippen LogP contribution in [0.4, 0.5) is 8.78 Å². The summed E-state index contributed by atoms with van der Waals surface area (Å²) in [6.07, 6.45) is 2.09. The Kier molecular flexibility index (Phi) is 9.04. The minimum atomic E-state index is -0.980. The van der Waals surface area contributed by atoms with Crippen LogP contribution in [0.5, 0.6) is 0 Å². The summed E-state index contributed by atoms with van der Waals surface area (Å²) in [5, 5.41) is 12.5. The molecule has 4 N–H and O–H groups in total. The Morgan fingerprint density at radius 1 is 1.15 bits per heavy atom. The molecule has 0 saturated heterocycles. The highest BCUT2D eigenvalue weighted by Gasteiger charge is 2.39. The highest BCUT2D eigenvalue weighted by Crippen LogP contribution is 2.41. The molecule has 4 rings (SSSR count). The molecule has 2 aromatic carbocycles. The number of hydrogen-bond donors (Lipinski definition) is 3. The van der Waals surface area contributed by atoms with Crippen LogP contribution in [0.15, 0.2) is 60.8 Å². The van der Waals surface area contributed by atoms with Crippen LogP contribution >= 0.6 is 0 Å². The van der Waals surface area contributed by atoms with Gasteiger partial charge in [0.05, 0.1) is 18.1 Å². The Labute approximate surface area is 238 Å². The highest BCUT2D eigenvalue weighted by atomic mass is 19.1. The summed E-state index contributed by atoms with van der Waals surface area (Å²) < 4.78 is 30.9. The number of halogens is 2. The third kappa shape index (κ3) is 7.25. The van der Waals surface area contributed by atoms with Gasteiger partial charge >= 0.3 is 0 Å². The predicted molar refractivity (Wildman–Crippen MR) is 150 cm³/mol. The average Bonchev–Trinajstić information content (AvgIpc) is 3.47. The van der Waals surface area contributed by atoms with Gasteiger partial charge in [-0.3, -0.25) is 14.4 Å². The fraction of sp³-hybridized carbons (Fsp3) is 0.387. The number of ketones is 1. The number of carbonyl (C=O) groups excluding carboxylic acids is 3. The first-order valence-corrected chi connectivity index (χ1v) is 13.6. The van der Waals surface area contributed by atoms with E-state index in [2.05, 4.69) is 5.32 Å². The number of rotatable bonds is 11. The lowest BCUT2D eigenvalue weighted by molar-refractivity contribution is -0.140. The molecule has 0 aliphatic heterocycles. The Morgan fingerprint density at radius 3 is 2.44 bits per heavy atom. The van der Waals surface area contributed by atoms with E-state index < -0.39 is 53.6 Å². The molecule has 1 unspecified atom stereocenters. The molecular formula is C31H36F2N4O4. The molecule has 2 amide bonds. The van der Waals surface area contributed by atoms with Crippen LogP contribution in [0, 0.1) is 17.0 Å². The number of nitrogens with two attached hydrogens (primary N) is 1. The number of hydrogen-bond acceptors (Lipinski definition) is 5. The van der Waals surface area contributed by atoms with Crippen LogP contribution in [-0.2, 0) is 20.9 Å². The van der Waals surface area contributed by atoms with E-state index in [1.54, 1.807) is 12.3 Å². The van der Waals surface area contributed by atoms with Crippen molar-refractivity contribution in [3.05, 3.63) is 83.7 Å². The number of aromatic nitrogens is 1. The zero-order valence-electron chi connectivity index (χ0n) is 23.4. The normalized spacial score (nSPS) is 16.3. The number of aliphatic hydroxyl groups is 1. The van der Waals surface area contributed by atoms with Crippen LogP contribution < -0.4 is 11.1 Å². The van der Waals surface area contributed by atoms with Gasteiger partial charge in [-0.15, -0.1) is 0 Å². The first-order valence-electron chi connectivity index (χ1n) is 13.6. The zero-order valence-corrected chi connectivity index (χ0v) is 23.4. The average molecular weight is 567 g/mol. The van der Waals surface area contributed by atoms with Gasteiger partial charge in [0.15, 0.2) is 5.78 Å². The maximum absolute atomic E-state index is 14.9. The first kappa shape index (κ1) is 30.1. The van der Waals surface area contributed by atoms with Crippen molar-refractivity contribution in [2.45, 2.75) is 58.3 Å². The van der Waals surface area contributed by atoms with Crippen LogP contribution in [0.1, 0.15) is 50.9 Å². The van der Waals surface area contributed by atoms with Gasteiger partial charge in [0.25, 0.3) is 0 Å². The van der Waals surface area contributed by atoms with Gasteiger partial charge in [-0.25, -0.2) is 8.78 Å². The number of amides is 2. The first-order chi connectivity index (χ1) is 19.4. The molecule has 41 heavy (non-hydrogen) atoms. The fourth-order valence-corrected chi connectivity index (χ4v) is 5.06. The van der Waals surface area contributed by atoms with E-state index in [9.17, 15) is 28.3 Å². The molecule has 10 heteroatoms. The lowest BCUT2D eigenvalue weighted by Crippen LogP contribution is -2.48. The fourth-order valence-electron chi connectivity index (χ4n) is 5.06. The molecule has 1 heterocycles. The molecule has 1 aromatic heterocycles. The van der Waals surface area contributed by atoms with Gasteiger partial charge < -0.3 is 25.6 Å². The van der Waals surface area contributed by atoms with Crippen molar-refractivity contribution in [1.29, 1.82) is 0 Å². The van der Waals surface area contributed by atoms with E-state index in [1.165, 1.54) is 4.90 Å². The van der Waals surface area contributed by atoms with Crippen molar-refractivity contribution >= 4 is 17.6 Å². The summed E-state index contributed by atoms with van der Waals surface area (Å²) in [6, 6.07) is 12.4. The monoisotopic (exact) mass is 566 g/mol. The Morgan fingerprint density at radius 2 is 1.83 bits per heavy atom. The minimum Gasteiger partial charge on any atom is -0.387 e. The standard InChI is InChI=1S/C31H36F2N4O4/c1-31(2,3)29(37(28(40)18-38)12-11-24(34)30(41)35-25-15-27(25)39)26-13-20(22-14-21(32)9-10-23(22)33)17-36(26)16-19-7-5-4-6-8-19/h4-10,13-14,17,24-25,29,38H,11-12,15-16,18,34H2,1-3H3,(H,35,41)/t24-,25?,29-/m0/s1. The molecule has 218 valence electrons. The lowest BCUT2D eigenvalue weighted by Gasteiger charge is -2.41. The van der Waals surface area contributed by atoms with Crippen molar-refractivity contribution in [1.82, 2.24) is 14.8 Å². The summed E-state index contributed by atoms with van der Waals surface area (Å²) in [4.78, 5) is 38.5. The van der Waals surface area contributed by atoms with Crippen molar-refractivity contribution in [3.8, 4) is 11.1 Å². The van der Waals surface area contributed by atoms with Crippen LogP contribution in [0.25, 0.3) is 11.1 Å². The second kappa shape index (κ2) is 12.3. The van der Waals surface area contributed by atoms with E-state index in [-0.39, 0.29) is 30.7 Å². The van der Waals surface area contributed by atoms with Crippen LogP contribution in [-0.4, -0.2) is 57.4 Å². The summed E-state index contributed by atoms with van der Waals surface area (Å²) in [5.74, 6) is -2.28. The van der Waals surface area contributed by atoms with E-state index in [0.29, 0.717) is 17.8 Å². The summed E-state index contributed by atoms with van der Waals surface area (Å²) in [7, 11) is 0. The third-order valence-corrected chi connectivity index (χ3v) is 7.20. The van der Waals surface area contributed by atoms with Gasteiger partial charge in [0.2, 0.25) is 11.8 Å². The SMILES string of the molecule is CC(C)(C)[C@H](c1cc(-c2cc(F)ccc2F)cn1Cc1ccccc1)N(CC[C@H](N)C(=O)NC1CC1=O)C(=O)CO. The Bertz CT molecular complexity index is 1420. The maximum atomic E-state index is 14.9. The molecule has 1 fully saturated rings. The number of Topliss-reactive ketones (excluding diaryl/α,β-unsaturated/α-hetero) is 1. The molecule has 0 spiro atoms. The van der Waals surface area contributed by atoms with Gasteiger partial charge in [0.1, 0.15) is 18.2 Å². The number of benzene rings is 2. The molecule has 1 aliphatic rings. The summed E-state index contributed by atoms with van der Waals surface area (Å²) in [6.45, 7) is 5.46. The third-order valence-electron chi connectivity index (χ3n) is 7.20. The second-order valence-electron chi connectivity index (χ2n) is 11.5. The molecule has 8 nitrogen and oxygen atoms in total. The van der Waals surface area contributed by atoms with Crippen molar-refractivity contribution < 1.29 is 28.3 Å². The zero-order chi connectivity index (χ0) is 29.9. The summed E-state index contributed by atoms with van der Waals surface area (Å²) in [5.41, 5.74) is 7.63. The van der Waals surface area contributed by atoms with Crippen molar-refractivity contribution in [2.75, 3.05) is 13.2 Å². The quantitative estimate of drug-likeness (QED) is 0.328. The highest BCUT2D eigenvalue weighted by molar-refractivity contribution is 6.03. The Hall–Kier alpha value is -3.89.